The molecule has 0 atom stereocenters. The highest BCUT2D eigenvalue weighted by atomic mass is 16.7. The van der Waals surface area contributed by atoms with Gasteiger partial charge in [-0.25, -0.2) is 0 Å². The van der Waals surface area contributed by atoms with E-state index in [0.29, 0.717) is 19.6 Å². The molecule has 0 saturated heterocycles. The molecular weight excluding hydrogens is 334 g/mol. The first-order chi connectivity index (χ1) is 13.3. The van der Waals surface area contributed by atoms with Crippen molar-refractivity contribution in [1.29, 1.82) is 5.26 Å². The molecule has 0 spiro atoms. The van der Waals surface area contributed by atoms with Gasteiger partial charge < -0.3 is 9.47 Å². The Kier molecular flexibility index (Phi) is 21.3. The molecule has 3 nitrogen and oxygen atoms in total. The third kappa shape index (κ3) is 20.7. The predicted octanol–water partition coefficient (Wildman–Crippen LogP) is 6.38. The largest absolute Gasteiger partial charge is 0.340 e. The Balaban J connectivity index is 4.01. The summed E-state index contributed by atoms with van der Waals surface area (Å²) >= 11 is 0. The number of unbranched alkanes of at least 4 members (excludes halogenated alkanes) is 10. The molecule has 0 rings (SSSR count). The lowest BCUT2D eigenvalue weighted by atomic mass is 10.2. The fourth-order valence-corrected chi connectivity index (χ4v) is 2.56. The summed E-state index contributed by atoms with van der Waals surface area (Å²) in [6.07, 6.45) is 14.7. The molecule has 0 aromatic carbocycles. The summed E-state index contributed by atoms with van der Waals surface area (Å²) in [6.45, 7) is 5.24. The minimum atomic E-state index is -0.271. The minimum absolute atomic E-state index is 0.271. The standard InChI is InChI=1S/C24H39NO2/c1-3-5-7-9-11-13-18-22-26-24(20-16-15-17-21-25)27-23-19-14-12-10-8-6-4-2/h24H,3-12,15-17,20,22-23H2,1-2H3. The van der Waals surface area contributed by atoms with Crippen LogP contribution in [0, 0.1) is 35.0 Å². The second kappa shape index (κ2) is 22.6. The molecule has 0 heterocycles. The summed E-state index contributed by atoms with van der Waals surface area (Å²) in [5.74, 6) is 12.5. The smallest absolute Gasteiger partial charge is 0.160 e. The van der Waals surface area contributed by atoms with Gasteiger partial charge in [0.15, 0.2) is 6.29 Å². The van der Waals surface area contributed by atoms with Crippen molar-refractivity contribution < 1.29 is 9.47 Å². The van der Waals surface area contributed by atoms with Crippen molar-refractivity contribution in [3.63, 3.8) is 0 Å². The van der Waals surface area contributed by atoms with Gasteiger partial charge in [0.1, 0.15) is 13.2 Å². The van der Waals surface area contributed by atoms with Crippen molar-refractivity contribution in [2.45, 2.75) is 110 Å². The molecule has 0 aliphatic heterocycles. The van der Waals surface area contributed by atoms with Crippen molar-refractivity contribution in [2.75, 3.05) is 13.2 Å². The van der Waals surface area contributed by atoms with Gasteiger partial charge in [-0.05, 0) is 32.1 Å². The lowest BCUT2D eigenvalue weighted by molar-refractivity contribution is -0.128. The van der Waals surface area contributed by atoms with Crippen LogP contribution in [0.15, 0.2) is 0 Å². The number of nitrogens with zero attached hydrogens (tertiary/aromatic N) is 1. The van der Waals surface area contributed by atoms with Crippen LogP contribution in [0.4, 0.5) is 0 Å². The van der Waals surface area contributed by atoms with Crippen molar-refractivity contribution in [1.82, 2.24) is 0 Å². The number of rotatable bonds is 16. The Morgan fingerprint density at radius 2 is 1.15 bits per heavy atom. The van der Waals surface area contributed by atoms with E-state index >= 15 is 0 Å². The van der Waals surface area contributed by atoms with Crippen LogP contribution < -0.4 is 0 Å². The van der Waals surface area contributed by atoms with E-state index in [1.807, 2.05) is 0 Å². The van der Waals surface area contributed by atoms with Crippen LogP contribution in [0.3, 0.4) is 0 Å². The summed E-state index contributed by atoms with van der Waals surface area (Å²) in [5.41, 5.74) is 0. The van der Waals surface area contributed by atoms with E-state index in [2.05, 4.69) is 43.6 Å². The first-order valence-electron chi connectivity index (χ1n) is 10.9. The monoisotopic (exact) mass is 373 g/mol. The highest BCUT2D eigenvalue weighted by Gasteiger charge is 2.07. The Labute approximate surface area is 168 Å². The van der Waals surface area contributed by atoms with Crippen molar-refractivity contribution in [3.05, 3.63) is 0 Å². The summed E-state index contributed by atoms with van der Waals surface area (Å²) in [4.78, 5) is 0. The van der Waals surface area contributed by atoms with E-state index < -0.39 is 0 Å². The Morgan fingerprint density at radius 1 is 0.630 bits per heavy atom. The molecule has 3 heteroatoms. The molecule has 0 saturated carbocycles. The molecule has 0 aliphatic carbocycles. The first kappa shape index (κ1) is 25.5. The van der Waals surface area contributed by atoms with Crippen LogP contribution in [-0.4, -0.2) is 19.5 Å². The highest BCUT2D eigenvalue weighted by molar-refractivity contribution is 4.99. The predicted molar refractivity (Wildman–Crippen MR) is 113 cm³/mol. The van der Waals surface area contributed by atoms with Crippen LogP contribution in [0.2, 0.25) is 0 Å². The lowest BCUT2D eigenvalue weighted by Gasteiger charge is -2.15. The van der Waals surface area contributed by atoms with Gasteiger partial charge in [0.25, 0.3) is 0 Å². The third-order valence-electron chi connectivity index (χ3n) is 4.22. The van der Waals surface area contributed by atoms with Gasteiger partial charge in [0, 0.05) is 19.3 Å². The maximum atomic E-state index is 8.64. The van der Waals surface area contributed by atoms with Gasteiger partial charge in [0.05, 0.1) is 6.07 Å². The zero-order chi connectivity index (χ0) is 19.8. The van der Waals surface area contributed by atoms with E-state index in [1.54, 1.807) is 0 Å². The normalized spacial score (nSPS) is 10.0. The zero-order valence-electron chi connectivity index (χ0n) is 17.7. The summed E-state index contributed by atoms with van der Waals surface area (Å²) in [7, 11) is 0. The van der Waals surface area contributed by atoms with Crippen LogP contribution in [0.5, 0.6) is 0 Å². The third-order valence-corrected chi connectivity index (χ3v) is 4.22. The van der Waals surface area contributed by atoms with Crippen molar-refractivity contribution in [3.8, 4) is 29.8 Å². The fraction of sp³-hybridized carbons (Fsp3) is 0.792. The molecular formula is C24H39NO2. The fourth-order valence-electron chi connectivity index (χ4n) is 2.56. The maximum absolute atomic E-state index is 8.64. The van der Waals surface area contributed by atoms with Crippen LogP contribution in [-0.2, 0) is 9.47 Å². The van der Waals surface area contributed by atoms with E-state index in [9.17, 15) is 0 Å². The average molecular weight is 374 g/mol. The number of nitriles is 1. The van der Waals surface area contributed by atoms with Crippen LogP contribution in [0.1, 0.15) is 104 Å². The molecule has 0 fully saturated rings. The molecule has 0 unspecified atom stereocenters. The molecule has 0 aromatic heterocycles. The van der Waals surface area contributed by atoms with E-state index in [1.165, 1.54) is 51.4 Å². The van der Waals surface area contributed by atoms with Gasteiger partial charge in [-0.2, -0.15) is 5.26 Å². The second-order valence-corrected chi connectivity index (χ2v) is 6.78. The van der Waals surface area contributed by atoms with E-state index in [-0.39, 0.29) is 6.29 Å². The zero-order valence-corrected chi connectivity index (χ0v) is 17.7. The summed E-state index contributed by atoms with van der Waals surface area (Å²) in [6, 6.07) is 2.18. The Hall–Kier alpha value is -1.47. The van der Waals surface area contributed by atoms with Crippen molar-refractivity contribution >= 4 is 0 Å². The molecule has 0 N–H and O–H groups in total. The molecule has 0 radical (unpaired) electrons. The maximum Gasteiger partial charge on any atom is 0.160 e. The highest BCUT2D eigenvalue weighted by Crippen LogP contribution is 2.08. The Morgan fingerprint density at radius 3 is 1.63 bits per heavy atom. The number of ether oxygens (including phenoxy) is 2. The first-order valence-corrected chi connectivity index (χ1v) is 10.9. The van der Waals surface area contributed by atoms with Crippen molar-refractivity contribution in [2.24, 2.45) is 0 Å². The second-order valence-electron chi connectivity index (χ2n) is 6.78. The lowest BCUT2D eigenvalue weighted by Crippen LogP contribution is -2.18. The van der Waals surface area contributed by atoms with Gasteiger partial charge in [-0.3, -0.25) is 0 Å². The van der Waals surface area contributed by atoms with Crippen LogP contribution in [0.25, 0.3) is 0 Å². The number of hydrogen-bond donors (Lipinski definition) is 0. The summed E-state index contributed by atoms with van der Waals surface area (Å²) < 4.78 is 11.5. The number of hydrogen-bond acceptors (Lipinski definition) is 3. The molecule has 0 bridgehead atoms. The van der Waals surface area contributed by atoms with E-state index in [4.69, 9.17) is 14.7 Å². The van der Waals surface area contributed by atoms with Gasteiger partial charge in [0.2, 0.25) is 0 Å². The quantitative estimate of drug-likeness (QED) is 0.179. The molecule has 27 heavy (non-hydrogen) atoms. The minimum Gasteiger partial charge on any atom is -0.340 e. The van der Waals surface area contributed by atoms with Crippen LogP contribution >= 0.6 is 0 Å². The average Bonchev–Trinajstić information content (AvgIpc) is 2.68. The molecule has 0 amide bonds. The Bertz CT molecular complexity index is 439. The SMILES string of the molecule is CCCCCCC#CCOC(CCCCC#N)OCC#CCCCCCC. The van der Waals surface area contributed by atoms with E-state index in [0.717, 1.165) is 32.1 Å². The molecule has 0 aliphatic rings. The molecule has 0 aromatic rings. The van der Waals surface area contributed by atoms with Gasteiger partial charge >= 0.3 is 0 Å². The molecule has 152 valence electrons. The van der Waals surface area contributed by atoms with Gasteiger partial charge in [-0.15, -0.1) is 11.8 Å². The topological polar surface area (TPSA) is 42.2 Å². The summed E-state index contributed by atoms with van der Waals surface area (Å²) in [5, 5.41) is 8.64. The van der Waals surface area contributed by atoms with Gasteiger partial charge in [-0.1, -0.05) is 64.2 Å².